The summed E-state index contributed by atoms with van der Waals surface area (Å²) in [5, 5.41) is 5.47. The molecule has 1 unspecified atom stereocenters. The number of anilines is 1. The monoisotopic (exact) mass is 342 g/mol. The van der Waals surface area contributed by atoms with E-state index in [0.717, 1.165) is 5.56 Å². The van der Waals surface area contributed by atoms with E-state index in [9.17, 15) is 14.0 Å². The molecule has 0 aliphatic carbocycles. The van der Waals surface area contributed by atoms with E-state index in [2.05, 4.69) is 10.6 Å². The molecule has 2 aromatic rings. The molecule has 6 heteroatoms. The molecule has 1 aliphatic rings. The van der Waals surface area contributed by atoms with Crippen LogP contribution in [0.2, 0.25) is 0 Å². The van der Waals surface area contributed by atoms with E-state index < -0.39 is 0 Å². The summed E-state index contributed by atoms with van der Waals surface area (Å²) in [6.07, 6.45) is 0.506. The van der Waals surface area contributed by atoms with Gasteiger partial charge in [-0.1, -0.05) is 18.2 Å². The normalized spacial score (nSPS) is 15.7. The molecule has 3 rings (SSSR count). The van der Waals surface area contributed by atoms with Gasteiger partial charge in [0.15, 0.2) is 0 Å². The number of fused-ring (bicyclic) bond motifs is 1. The molecule has 1 atom stereocenters. The van der Waals surface area contributed by atoms with Gasteiger partial charge in [-0.2, -0.15) is 0 Å². The minimum Gasteiger partial charge on any atom is -0.492 e. The molecule has 5 nitrogen and oxygen atoms in total. The van der Waals surface area contributed by atoms with Gasteiger partial charge in [0.2, 0.25) is 11.8 Å². The lowest BCUT2D eigenvalue weighted by Gasteiger charge is -2.25. The van der Waals surface area contributed by atoms with Crippen molar-refractivity contribution < 1.29 is 18.7 Å². The first kappa shape index (κ1) is 17.0. The number of amides is 2. The summed E-state index contributed by atoms with van der Waals surface area (Å²) in [7, 11) is 0. The number of nitrogens with one attached hydrogen (secondary N) is 2. The number of halogens is 1. The molecule has 2 aromatic carbocycles. The van der Waals surface area contributed by atoms with Crippen LogP contribution in [0.25, 0.3) is 0 Å². The van der Waals surface area contributed by atoms with Gasteiger partial charge in [0.1, 0.15) is 18.2 Å². The minimum absolute atomic E-state index is 0.140. The van der Waals surface area contributed by atoms with Gasteiger partial charge in [-0.15, -0.1) is 0 Å². The van der Waals surface area contributed by atoms with Crippen LogP contribution in [0.5, 0.6) is 5.75 Å². The van der Waals surface area contributed by atoms with E-state index in [4.69, 9.17) is 4.74 Å². The topological polar surface area (TPSA) is 67.4 Å². The summed E-state index contributed by atoms with van der Waals surface area (Å²) < 4.78 is 19.3. The molecular formula is C19H19FN2O3. The Morgan fingerprint density at radius 2 is 2.04 bits per heavy atom. The summed E-state index contributed by atoms with van der Waals surface area (Å²) in [6.45, 7) is 1.85. The minimum atomic E-state index is -0.355. The van der Waals surface area contributed by atoms with E-state index in [1.165, 1.54) is 13.0 Å². The Kier molecular flexibility index (Phi) is 4.97. The van der Waals surface area contributed by atoms with Crippen LogP contribution < -0.4 is 15.4 Å². The summed E-state index contributed by atoms with van der Waals surface area (Å²) in [4.78, 5) is 23.5. The standard InChI is InChI=1S/C19H19FN2O3/c1-12(23)22-16-6-7-18-14(9-16)8-15(11-25-18)19(24)21-10-13-4-2-3-5-17(13)20/h2-7,9,15H,8,10-11H2,1H3,(H,21,24)(H,22,23). The number of hydrogen-bond donors (Lipinski definition) is 2. The summed E-state index contributed by atoms with van der Waals surface area (Å²) in [5.41, 5.74) is 1.98. The molecule has 25 heavy (non-hydrogen) atoms. The van der Waals surface area contributed by atoms with Gasteiger partial charge >= 0.3 is 0 Å². The van der Waals surface area contributed by atoms with Crippen molar-refractivity contribution in [3.8, 4) is 5.75 Å². The number of carbonyl (C=O) groups excluding carboxylic acids is 2. The lowest BCUT2D eigenvalue weighted by Crippen LogP contribution is -2.37. The number of rotatable bonds is 4. The zero-order valence-electron chi connectivity index (χ0n) is 13.8. The Morgan fingerprint density at radius 3 is 2.80 bits per heavy atom. The first-order valence-corrected chi connectivity index (χ1v) is 8.07. The van der Waals surface area contributed by atoms with Crippen LogP contribution in [-0.2, 0) is 22.6 Å². The molecule has 0 saturated heterocycles. The average molecular weight is 342 g/mol. The maximum Gasteiger partial charge on any atom is 0.227 e. The van der Waals surface area contributed by atoms with Crippen LogP contribution >= 0.6 is 0 Å². The molecule has 1 heterocycles. The van der Waals surface area contributed by atoms with E-state index >= 15 is 0 Å². The third kappa shape index (κ3) is 4.15. The van der Waals surface area contributed by atoms with Gasteiger partial charge in [-0.25, -0.2) is 4.39 Å². The highest BCUT2D eigenvalue weighted by Gasteiger charge is 2.26. The van der Waals surface area contributed by atoms with Gasteiger partial charge < -0.3 is 15.4 Å². The summed E-state index contributed by atoms with van der Waals surface area (Å²) in [5.74, 6) is -0.318. The molecule has 0 saturated carbocycles. The van der Waals surface area contributed by atoms with E-state index in [1.54, 1.807) is 30.3 Å². The van der Waals surface area contributed by atoms with Gasteiger partial charge in [-0.05, 0) is 36.2 Å². The Labute approximate surface area is 145 Å². The molecule has 0 radical (unpaired) electrons. The van der Waals surface area contributed by atoms with E-state index in [1.807, 2.05) is 6.07 Å². The summed E-state index contributed by atoms with van der Waals surface area (Å²) in [6, 6.07) is 11.7. The largest absolute Gasteiger partial charge is 0.492 e. The van der Waals surface area contributed by atoms with Gasteiger partial charge in [0, 0.05) is 24.7 Å². The second-order valence-corrected chi connectivity index (χ2v) is 6.02. The maximum atomic E-state index is 13.6. The average Bonchev–Trinajstić information content (AvgIpc) is 2.59. The van der Waals surface area contributed by atoms with E-state index in [0.29, 0.717) is 23.4 Å². The quantitative estimate of drug-likeness (QED) is 0.898. The molecular weight excluding hydrogens is 323 g/mol. The lowest BCUT2D eigenvalue weighted by molar-refractivity contribution is -0.126. The molecule has 1 aliphatic heterocycles. The zero-order valence-corrected chi connectivity index (χ0v) is 13.8. The van der Waals surface area contributed by atoms with Crippen LogP contribution in [0.3, 0.4) is 0 Å². The molecule has 0 fully saturated rings. The van der Waals surface area contributed by atoms with Gasteiger partial charge in [0.05, 0.1) is 5.92 Å². The Hall–Kier alpha value is -2.89. The smallest absolute Gasteiger partial charge is 0.227 e. The van der Waals surface area contributed by atoms with Crippen molar-refractivity contribution in [2.75, 3.05) is 11.9 Å². The molecule has 0 spiro atoms. The molecule has 130 valence electrons. The third-order valence-corrected chi connectivity index (χ3v) is 4.07. The van der Waals surface area contributed by atoms with Crippen molar-refractivity contribution in [2.45, 2.75) is 19.9 Å². The predicted octanol–water partition coefficient (Wildman–Crippen LogP) is 2.65. The highest BCUT2D eigenvalue weighted by atomic mass is 19.1. The lowest BCUT2D eigenvalue weighted by atomic mass is 9.95. The fourth-order valence-corrected chi connectivity index (χ4v) is 2.81. The molecule has 2 amide bonds. The predicted molar refractivity (Wildman–Crippen MR) is 91.7 cm³/mol. The van der Waals surface area contributed by atoms with Crippen molar-refractivity contribution >= 4 is 17.5 Å². The highest BCUT2D eigenvalue weighted by molar-refractivity contribution is 5.89. The van der Waals surface area contributed by atoms with Gasteiger partial charge in [-0.3, -0.25) is 9.59 Å². The fourth-order valence-electron chi connectivity index (χ4n) is 2.81. The first-order valence-electron chi connectivity index (χ1n) is 8.07. The number of hydrogen-bond acceptors (Lipinski definition) is 3. The van der Waals surface area contributed by atoms with Crippen molar-refractivity contribution in [3.63, 3.8) is 0 Å². The Balaban J connectivity index is 1.64. The Bertz CT molecular complexity index is 807. The van der Waals surface area contributed by atoms with Crippen molar-refractivity contribution in [1.29, 1.82) is 0 Å². The number of ether oxygens (including phenoxy) is 1. The number of benzene rings is 2. The molecule has 2 N–H and O–H groups in total. The maximum absolute atomic E-state index is 13.6. The van der Waals surface area contributed by atoms with Crippen LogP contribution in [-0.4, -0.2) is 18.4 Å². The van der Waals surface area contributed by atoms with Crippen molar-refractivity contribution in [2.24, 2.45) is 5.92 Å². The number of carbonyl (C=O) groups is 2. The van der Waals surface area contributed by atoms with Crippen LogP contribution in [0.4, 0.5) is 10.1 Å². The molecule has 0 bridgehead atoms. The third-order valence-electron chi connectivity index (χ3n) is 4.07. The highest BCUT2D eigenvalue weighted by Crippen LogP contribution is 2.30. The summed E-state index contributed by atoms with van der Waals surface area (Å²) >= 11 is 0. The molecule has 0 aromatic heterocycles. The fraction of sp³-hybridized carbons (Fsp3) is 0.263. The SMILES string of the molecule is CC(=O)Nc1ccc2c(c1)CC(C(=O)NCc1ccccc1F)CO2. The van der Waals surface area contributed by atoms with Crippen molar-refractivity contribution in [1.82, 2.24) is 5.32 Å². The zero-order chi connectivity index (χ0) is 17.8. The van der Waals surface area contributed by atoms with E-state index in [-0.39, 0.29) is 36.7 Å². The van der Waals surface area contributed by atoms with Crippen LogP contribution in [0.1, 0.15) is 18.1 Å². The second-order valence-electron chi connectivity index (χ2n) is 6.02. The second kappa shape index (κ2) is 7.34. The van der Waals surface area contributed by atoms with Crippen LogP contribution in [0.15, 0.2) is 42.5 Å². The van der Waals surface area contributed by atoms with Crippen molar-refractivity contribution in [3.05, 3.63) is 59.4 Å². The Morgan fingerprint density at radius 1 is 1.24 bits per heavy atom. The first-order chi connectivity index (χ1) is 12.0. The van der Waals surface area contributed by atoms with Crippen LogP contribution in [0, 0.1) is 11.7 Å². The van der Waals surface area contributed by atoms with Gasteiger partial charge in [0.25, 0.3) is 0 Å².